The van der Waals surface area contributed by atoms with E-state index < -0.39 is 0 Å². The number of amides is 1. The lowest BCUT2D eigenvalue weighted by Gasteiger charge is -2.07. The van der Waals surface area contributed by atoms with Gasteiger partial charge >= 0.3 is 0 Å². The molecule has 0 spiro atoms. The van der Waals surface area contributed by atoms with E-state index in [1.807, 2.05) is 26.1 Å². The van der Waals surface area contributed by atoms with E-state index >= 15 is 0 Å². The minimum absolute atomic E-state index is 0.146. The summed E-state index contributed by atoms with van der Waals surface area (Å²) in [6, 6.07) is 5.55. The van der Waals surface area contributed by atoms with E-state index in [0.717, 1.165) is 11.3 Å². The third-order valence-corrected chi connectivity index (χ3v) is 3.17. The second-order valence-corrected chi connectivity index (χ2v) is 4.72. The molecule has 1 heterocycles. The maximum Gasteiger partial charge on any atom is 0.255 e. The van der Waals surface area contributed by atoms with Crippen molar-refractivity contribution < 1.29 is 9.53 Å². The summed E-state index contributed by atoms with van der Waals surface area (Å²) < 4.78 is 6.72. The first kappa shape index (κ1) is 15.1. The zero-order valence-electron chi connectivity index (χ0n) is 12.5. The Morgan fingerprint density at radius 1 is 1.43 bits per heavy atom. The SMILES string of the molecule is CNc1ccc(C(=O)Nc2cnn(CCOC)c2)cc1C. The Kier molecular flexibility index (Phi) is 4.94. The van der Waals surface area contributed by atoms with Crippen LogP contribution in [0.2, 0.25) is 0 Å². The fourth-order valence-electron chi connectivity index (χ4n) is 2.02. The van der Waals surface area contributed by atoms with Crippen LogP contribution in [0.15, 0.2) is 30.6 Å². The minimum atomic E-state index is -0.146. The molecule has 0 aliphatic heterocycles. The standard InChI is InChI=1S/C15H20N4O2/c1-11-8-12(4-5-14(11)16-2)15(20)18-13-9-17-19(10-13)6-7-21-3/h4-5,8-10,16H,6-7H2,1-3H3,(H,18,20). The Bertz CT molecular complexity index is 622. The largest absolute Gasteiger partial charge is 0.388 e. The van der Waals surface area contributed by atoms with Gasteiger partial charge in [0, 0.05) is 31.6 Å². The summed E-state index contributed by atoms with van der Waals surface area (Å²) in [5.41, 5.74) is 3.34. The van der Waals surface area contributed by atoms with Crippen LogP contribution >= 0.6 is 0 Å². The summed E-state index contributed by atoms with van der Waals surface area (Å²) in [6.07, 6.45) is 3.41. The number of methoxy groups -OCH3 is 1. The number of benzene rings is 1. The highest BCUT2D eigenvalue weighted by Crippen LogP contribution is 2.17. The molecule has 0 aliphatic rings. The molecule has 6 heteroatoms. The third-order valence-electron chi connectivity index (χ3n) is 3.17. The van der Waals surface area contributed by atoms with Crippen LogP contribution in [0.3, 0.4) is 0 Å². The molecule has 1 aromatic heterocycles. The average molecular weight is 288 g/mol. The van der Waals surface area contributed by atoms with Crippen LogP contribution in [0.1, 0.15) is 15.9 Å². The van der Waals surface area contributed by atoms with Crippen molar-refractivity contribution in [2.24, 2.45) is 0 Å². The minimum Gasteiger partial charge on any atom is -0.388 e. The number of rotatable bonds is 6. The monoisotopic (exact) mass is 288 g/mol. The highest BCUT2D eigenvalue weighted by Gasteiger charge is 2.09. The zero-order chi connectivity index (χ0) is 15.2. The fourth-order valence-corrected chi connectivity index (χ4v) is 2.02. The molecule has 0 radical (unpaired) electrons. The predicted octanol–water partition coefficient (Wildman–Crippen LogP) is 2.13. The van der Waals surface area contributed by atoms with Crippen molar-refractivity contribution in [3.8, 4) is 0 Å². The summed E-state index contributed by atoms with van der Waals surface area (Å²) in [4.78, 5) is 12.2. The molecule has 0 atom stereocenters. The fraction of sp³-hybridized carbons (Fsp3) is 0.333. The Hall–Kier alpha value is -2.34. The molecule has 1 aromatic carbocycles. The van der Waals surface area contributed by atoms with E-state index in [0.29, 0.717) is 24.4 Å². The van der Waals surface area contributed by atoms with Crippen molar-refractivity contribution in [2.45, 2.75) is 13.5 Å². The van der Waals surface area contributed by atoms with Gasteiger partial charge in [0.05, 0.1) is 25.0 Å². The number of anilines is 2. The van der Waals surface area contributed by atoms with Crippen LogP contribution in [0.5, 0.6) is 0 Å². The van der Waals surface area contributed by atoms with Gasteiger partial charge in [0.15, 0.2) is 0 Å². The van der Waals surface area contributed by atoms with E-state index in [9.17, 15) is 4.79 Å². The van der Waals surface area contributed by atoms with Gasteiger partial charge in [-0.15, -0.1) is 0 Å². The van der Waals surface area contributed by atoms with Gasteiger partial charge in [-0.1, -0.05) is 0 Å². The maximum absolute atomic E-state index is 12.2. The number of aromatic nitrogens is 2. The van der Waals surface area contributed by atoms with Gasteiger partial charge in [-0.05, 0) is 30.7 Å². The van der Waals surface area contributed by atoms with Crippen molar-refractivity contribution in [3.05, 3.63) is 41.7 Å². The molecule has 2 aromatic rings. The van der Waals surface area contributed by atoms with Crippen LogP contribution in [0.25, 0.3) is 0 Å². The van der Waals surface area contributed by atoms with Crippen LogP contribution < -0.4 is 10.6 Å². The summed E-state index contributed by atoms with van der Waals surface area (Å²) in [5, 5.41) is 10.1. The molecule has 2 rings (SSSR count). The molecule has 1 amide bonds. The van der Waals surface area contributed by atoms with E-state index in [1.165, 1.54) is 0 Å². The topological polar surface area (TPSA) is 68.2 Å². The van der Waals surface area contributed by atoms with Gasteiger partial charge in [0.25, 0.3) is 5.91 Å². The van der Waals surface area contributed by atoms with Crippen LogP contribution in [0, 0.1) is 6.92 Å². The van der Waals surface area contributed by atoms with Gasteiger partial charge in [0.1, 0.15) is 0 Å². The highest BCUT2D eigenvalue weighted by atomic mass is 16.5. The lowest BCUT2D eigenvalue weighted by Crippen LogP contribution is -2.12. The van der Waals surface area contributed by atoms with E-state index in [4.69, 9.17) is 4.74 Å². The molecule has 21 heavy (non-hydrogen) atoms. The molecule has 0 aliphatic carbocycles. The summed E-state index contributed by atoms with van der Waals surface area (Å²) in [7, 11) is 3.50. The number of nitrogens with one attached hydrogen (secondary N) is 2. The number of hydrogen-bond donors (Lipinski definition) is 2. The number of ether oxygens (including phenoxy) is 1. The maximum atomic E-state index is 12.2. The van der Waals surface area contributed by atoms with E-state index in [-0.39, 0.29) is 5.91 Å². The quantitative estimate of drug-likeness (QED) is 0.854. The first-order chi connectivity index (χ1) is 10.1. The van der Waals surface area contributed by atoms with Gasteiger partial charge in [-0.3, -0.25) is 9.48 Å². The summed E-state index contributed by atoms with van der Waals surface area (Å²) >= 11 is 0. The highest BCUT2D eigenvalue weighted by molar-refractivity contribution is 6.04. The lowest BCUT2D eigenvalue weighted by molar-refractivity contribution is 0.102. The molecule has 0 fully saturated rings. The van der Waals surface area contributed by atoms with Crippen molar-refractivity contribution in [2.75, 3.05) is 31.4 Å². The van der Waals surface area contributed by atoms with Gasteiger partial charge in [-0.25, -0.2) is 0 Å². The first-order valence-corrected chi connectivity index (χ1v) is 6.75. The number of carbonyl (C=O) groups excluding carboxylic acids is 1. The number of hydrogen-bond acceptors (Lipinski definition) is 4. The second-order valence-electron chi connectivity index (χ2n) is 4.72. The van der Waals surface area contributed by atoms with Crippen molar-refractivity contribution in [1.82, 2.24) is 9.78 Å². The third kappa shape index (κ3) is 3.82. The first-order valence-electron chi connectivity index (χ1n) is 6.75. The van der Waals surface area contributed by atoms with Crippen molar-refractivity contribution in [3.63, 3.8) is 0 Å². The Balaban J connectivity index is 2.03. The molecule has 112 valence electrons. The van der Waals surface area contributed by atoms with Crippen LogP contribution in [-0.4, -0.2) is 36.5 Å². The van der Waals surface area contributed by atoms with Gasteiger partial charge < -0.3 is 15.4 Å². The summed E-state index contributed by atoms with van der Waals surface area (Å²) in [5.74, 6) is -0.146. The van der Waals surface area contributed by atoms with Crippen LogP contribution in [0.4, 0.5) is 11.4 Å². The second kappa shape index (κ2) is 6.90. The number of aryl methyl sites for hydroxylation is 1. The molecular formula is C15H20N4O2. The average Bonchev–Trinajstić information content (AvgIpc) is 2.92. The Labute approximate surface area is 124 Å². The van der Waals surface area contributed by atoms with Crippen molar-refractivity contribution >= 4 is 17.3 Å². The predicted molar refractivity (Wildman–Crippen MR) is 82.8 cm³/mol. The van der Waals surface area contributed by atoms with E-state index in [1.54, 1.807) is 30.3 Å². The normalized spacial score (nSPS) is 10.4. The number of nitrogens with zero attached hydrogens (tertiary/aromatic N) is 2. The van der Waals surface area contributed by atoms with Gasteiger partial charge in [0.2, 0.25) is 0 Å². The molecule has 0 unspecified atom stereocenters. The Morgan fingerprint density at radius 3 is 2.90 bits per heavy atom. The van der Waals surface area contributed by atoms with Crippen molar-refractivity contribution in [1.29, 1.82) is 0 Å². The molecular weight excluding hydrogens is 268 g/mol. The summed E-state index contributed by atoms with van der Waals surface area (Å²) in [6.45, 7) is 3.20. The lowest BCUT2D eigenvalue weighted by atomic mass is 10.1. The molecule has 2 N–H and O–H groups in total. The van der Waals surface area contributed by atoms with Gasteiger partial charge in [-0.2, -0.15) is 5.10 Å². The molecule has 0 saturated heterocycles. The van der Waals surface area contributed by atoms with E-state index in [2.05, 4.69) is 15.7 Å². The van der Waals surface area contributed by atoms with Crippen LogP contribution in [-0.2, 0) is 11.3 Å². The molecule has 6 nitrogen and oxygen atoms in total. The molecule has 0 saturated carbocycles. The molecule has 0 bridgehead atoms. The zero-order valence-corrected chi connectivity index (χ0v) is 12.5. The number of carbonyl (C=O) groups is 1. The smallest absolute Gasteiger partial charge is 0.255 e. The Morgan fingerprint density at radius 2 is 2.24 bits per heavy atom.